The minimum Gasteiger partial charge on any atom is -0.493 e. The van der Waals surface area contributed by atoms with Crippen molar-refractivity contribution in [2.45, 2.75) is 19.9 Å². The molecule has 30 heavy (non-hydrogen) atoms. The summed E-state index contributed by atoms with van der Waals surface area (Å²) in [5.74, 6) is -0.337. The molecule has 0 unspecified atom stereocenters. The molecule has 0 aliphatic carbocycles. The quantitative estimate of drug-likeness (QED) is 0.781. The minimum atomic E-state index is -4.10. The number of ether oxygens (including phenoxy) is 2. The van der Waals surface area contributed by atoms with E-state index in [-0.39, 0.29) is 4.91 Å². The van der Waals surface area contributed by atoms with Gasteiger partial charge in [-0.1, -0.05) is 12.1 Å². The molecule has 2 aromatic carbocycles. The van der Waals surface area contributed by atoms with Crippen LogP contribution in [0.1, 0.15) is 31.0 Å². The van der Waals surface area contributed by atoms with E-state index >= 15 is 0 Å². The monoisotopic (exact) mass is 434 g/mol. The first-order chi connectivity index (χ1) is 14.1. The zero-order chi connectivity index (χ0) is 22.2. The Bertz CT molecular complexity index is 1130. The van der Waals surface area contributed by atoms with Gasteiger partial charge < -0.3 is 14.8 Å². The number of rotatable bonds is 5. The van der Waals surface area contributed by atoms with Crippen molar-refractivity contribution in [3.63, 3.8) is 0 Å². The number of anilines is 1. The van der Waals surface area contributed by atoms with Crippen molar-refractivity contribution in [1.29, 1.82) is 0 Å². The lowest BCUT2D eigenvalue weighted by Crippen LogP contribution is -2.39. The number of nitrogens with zero attached hydrogens (tertiary/aromatic N) is 1. The maximum absolute atomic E-state index is 13.2. The van der Waals surface area contributed by atoms with Crippen LogP contribution in [0.25, 0.3) is 5.57 Å². The molecule has 9 heteroatoms. The van der Waals surface area contributed by atoms with Crippen molar-refractivity contribution in [2.75, 3.05) is 25.6 Å². The van der Waals surface area contributed by atoms with Crippen molar-refractivity contribution in [3.8, 4) is 11.5 Å². The molecule has 0 radical (unpaired) electrons. The van der Waals surface area contributed by atoms with E-state index in [0.29, 0.717) is 33.9 Å². The van der Waals surface area contributed by atoms with Crippen LogP contribution in [0.5, 0.6) is 11.5 Å². The summed E-state index contributed by atoms with van der Waals surface area (Å²) in [6.45, 7) is 3.27. The molecule has 1 N–H and O–H groups in total. The molecule has 0 fully saturated rings. The third-order valence-electron chi connectivity index (χ3n) is 5.13. The Morgan fingerprint density at radius 2 is 1.67 bits per heavy atom. The number of allylic oxidation sites excluding steroid dienone is 1. The Balaban J connectivity index is 2.06. The lowest BCUT2D eigenvalue weighted by Gasteiger charge is -2.31. The number of hydrogen-bond acceptors (Lipinski definition) is 5. The van der Waals surface area contributed by atoms with Crippen LogP contribution in [-0.4, -0.2) is 35.6 Å². The predicted molar refractivity (Wildman–Crippen MR) is 112 cm³/mol. The van der Waals surface area contributed by atoms with Gasteiger partial charge in [0.2, 0.25) is 0 Å². The summed E-state index contributed by atoms with van der Waals surface area (Å²) in [6.07, 6.45) is 0. The first-order valence-electron chi connectivity index (χ1n) is 9.14. The van der Waals surface area contributed by atoms with E-state index in [9.17, 15) is 17.6 Å². The van der Waals surface area contributed by atoms with E-state index in [2.05, 4.69) is 5.32 Å². The zero-order valence-corrected chi connectivity index (χ0v) is 18.1. The standard InChI is InChI=1S/C21H23FN2O5S/c1-12-16-10-18(28-4)19(29-5)11-17(16)24(3)30(26,27)20(12)21(25)23-13(2)14-6-8-15(22)9-7-14/h6-11,13H,1-5H3,(H,23,25)/t13-/m0/s1. The molecule has 0 bridgehead atoms. The number of carbonyl (C=O) groups excluding carboxylic acids is 1. The van der Waals surface area contributed by atoms with Crippen LogP contribution in [0.2, 0.25) is 0 Å². The van der Waals surface area contributed by atoms with E-state index in [1.165, 1.54) is 45.5 Å². The van der Waals surface area contributed by atoms with Gasteiger partial charge in [0.05, 0.1) is 25.9 Å². The maximum atomic E-state index is 13.2. The first kappa shape index (κ1) is 21.6. The zero-order valence-electron chi connectivity index (χ0n) is 17.3. The van der Waals surface area contributed by atoms with Crippen LogP contribution in [0.4, 0.5) is 10.1 Å². The number of methoxy groups -OCH3 is 2. The van der Waals surface area contributed by atoms with Crippen LogP contribution in [0, 0.1) is 5.82 Å². The summed E-state index contributed by atoms with van der Waals surface area (Å²) in [4.78, 5) is 12.7. The Labute approximate surface area is 175 Å². The van der Waals surface area contributed by atoms with Crippen molar-refractivity contribution >= 4 is 27.2 Å². The number of fused-ring (bicyclic) bond motifs is 1. The van der Waals surface area contributed by atoms with Gasteiger partial charge in [-0.15, -0.1) is 0 Å². The van der Waals surface area contributed by atoms with E-state index in [1.54, 1.807) is 26.0 Å². The molecule has 160 valence electrons. The second-order valence-corrected chi connectivity index (χ2v) is 8.80. The van der Waals surface area contributed by atoms with Gasteiger partial charge in [-0.2, -0.15) is 0 Å². The van der Waals surface area contributed by atoms with Crippen molar-refractivity contribution in [3.05, 3.63) is 58.2 Å². The average molecular weight is 434 g/mol. The largest absolute Gasteiger partial charge is 0.493 e. The lowest BCUT2D eigenvalue weighted by atomic mass is 10.0. The average Bonchev–Trinajstić information content (AvgIpc) is 2.71. The summed E-state index contributed by atoms with van der Waals surface area (Å²) in [7, 11) is 0.215. The Morgan fingerprint density at radius 3 is 2.23 bits per heavy atom. The van der Waals surface area contributed by atoms with E-state index < -0.39 is 27.8 Å². The molecule has 3 rings (SSSR count). The highest BCUT2D eigenvalue weighted by Gasteiger charge is 2.38. The highest BCUT2D eigenvalue weighted by atomic mass is 32.2. The number of sulfonamides is 1. The Hall–Kier alpha value is -3.07. The summed E-state index contributed by atoms with van der Waals surface area (Å²) >= 11 is 0. The van der Waals surface area contributed by atoms with Crippen molar-refractivity contribution in [2.24, 2.45) is 0 Å². The Kier molecular flexibility index (Phi) is 5.76. The summed E-state index contributed by atoms with van der Waals surface area (Å²) in [5.41, 5.74) is 1.88. The summed E-state index contributed by atoms with van der Waals surface area (Å²) in [6, 6.07) is 8.32. The van der Waals surface area contributed by atoms with E-state index in [0.717, 1.165) is 4.31 Å². The number of benzene rings is 2. The smallest absolute Gasteiger partial charge is 0.269 e. The van der Waals surface area contributed by atoms with Gasteiger partial charge in [0.15, 0.2) is 16.4 Å². The number of amides is 1. The molecule has 0 saturated heterocycles. The SMILES string of the molecule is COc1cc2c(cc1OC)N(C)S(=O)(=O)C(C(=O)N[C@@H](C)c1ccc(F)cc1)=C2C. The molecule has 1 amide bonds. The molecular weight excluding hydrogens is 411 g/mol. The second-order valence-electron chi connectivity index (χ2n) is 6.90. The topological polar surface area (TPSA) is 84.9 Å². The van der Waals surface area contributed by atoms with Gasteiger partial charge in [0.25, 0.3) is 15.9 Å². The molecule has 0 aromatic heterocycles. The maximum Gasteiger partial charge on any atom is 0.269 e. The van der Waals surface area contributed by atoms with Crippen LogP contribution < -0.4 is 19.1 Å². The molecular formula is C21H23FN2O5S. The number of halogens is 1. The third-order valence-corrected chi connectivity index (χ3v) is 7.05. The summed E-state index contributed by atoms with van der Waals surface area (Å²) < 4.78 is 51.1. The summed E-state index contributed by atoms with van der Waals surface area (Å²) in [5, 5.41) is 2.69. The Morgan fingerprint density at radius 1 is 1.10 bits per heavy atom. The fraction of sp³-hybridized carbons (Fsp3) is 0.286. The highest BCUT2D eigenvalue weighted by molar-refractivity contribution is 7.97. The van der Waals surface area contributed by atoms with Crippen molar-refractivity contribution in [1.82, 2.24) is 5.32 Å². The first-order valence-corrected chi connectivity index (χ1v) is 10.6. The fourth-order valence-corrected chi connectivity index (χ4v) is 4.87. The van der Waals surface area contributed by atoms with Crippen LogP contribution in [0.15, 0.2) is 41.3 Å². The molecule has 1 heterocycles. The normalized spacial score (nSPS) is 16.0. The molecule has 1 aliphatic heterocycles. The van der Waals surface area contributed by atoms with Gasteiger partial charge in [-0.3, -0.25) is 9.10 Å². The van der Waals surface area contributed by atoms with Crippen molar-refractivity contribution < 1.29 is 27.1 Å². The van der Waals surface area contributed by atoms with E-state index in [1.807, 2.05) is 0 Å². The lowest BCUT2D eigenvalue weighted by molar-refractivity contribution is -0.117. The molecule has 1 aliphatic rings. The third kappa shape index (κ3) is 3.60. The highest BCUT2D eigenvalue weighted by Crippen LogP contribution is 2.44. The van der Waals surface area contributed by atoms with Crippen LogP contribution in [0.3, 0.4) is 0 Å². The van der Waals surface area contributed by atoms with Gasteiger partial charge in [0, 0.05) is 18.7 Å². The van der Waals surface area contributed by atoms with E-state index in [4.69, 9.17) is 9.47 Å². The fourth-order valence-electron chi connectivity index (χ4n) is 3.40. The number of hydrogen-bond donors (Lipinski definition) is 1. The van der Waals surface area contributed by atoms with Crippen LogP contribution >= 0.6 is 0 Å². The van der Waals surface area contributed by atoms with Gasteiger partial charge in [0.1, 0.15) is 5.82 Å². The number of carbonyl (C=O) groups is 1. The molecule has 2 aromatic rings. The molecule has 7 nitrogen and oxygen atoms in total. The van der Waals surface area contributed by atoms with Gasteiger partial charge >= 0.3 is 0 Å². The minimum absolute atomic E-state index is 0.299. The molecule has 0 spiro atoms. The van der Waals surface area contributed by atoms with Gasteiger partial charge in [-0.05, 0) is 43.2 Å². The predicted octanol–water partition coefficient (Wildman–Crippen LogP) is 3.23. The van der Waals surface area contributed by atoms with Crippen LogP contribution in [-0.2, 0) is 14.8 Å². The number of nitrogens with one attached hydrogen (secondary N) is 1. The molecule has 1 atom stereocenters. The molecule has 0 saturated carbocycles. The second kappa shape index (κ2) is 7.98. The van der Waals surface area contributed by atoms with Gasteiger partial charge in [-0.25, -0.2) is 12.8 Å².